The van der Waals surface area contributed by atoms with Gasteiger partial charge in [0.1, 0.15) is 6.61 Å². The lowest BCUT2D eigenvalue weighted by molar-refractivity contribution is 0.0951. The van der Waals surface area contributed by atoms with Crippen LogP contribution < -0.4 is 0 Å². The van der Waals surface area contributed by atoms with Gasteiger partial charge in [0.2, 0.25) is 0 Å². The summed E-state index contributed by atoms with van der Waals surface area (Å²) < 4.78 is 0. The monoisotopic (exact) mass is 260 g/mol. The van der Waals surface area contributed by atoms with Crippen molar-refractivity contribution in [1.29, 1.82) is 0 Å². The Bertz CT molecular complexity index is 394. The van der Waals surface area contributed by atoms with Gasteiger partial charge in [-0.1, -0.05) is 42.4 Å². The Kier molecular flexibility index (Phi) is 5.40. The second-order valence-corrected chi connectivity index (χ2v) is 5.40. The SMILES string of the molecule is C/C(=N\OCCN1CCC(C)CC1)c1ccccc1. The van der Waals surface area contributed by atoms with Gasteiger partial charge in [-0.2, -0.15) is 0 Å². The third-order valence-electron chi connectivity index (χ3n) is 3.77. The van der Waals surface area contributed by atoms with Gasteiger partial charge >= 0.3 is 0 Å². The number of oxime groups is 1. The summed E-state index contributed by atoms with van der Waals surface area (Å²) in [6.07, 6.45) is 2.62. The molecular weight excluding hydrogens is 236 g/mol. The number of likely N-dealkylation sites (tertiary alicyclic amines) is 1. The van der Waals surface area contributed by atoms with Gasteiger partial charge in [-0.05, 0) is 44.3 Å². The van der Waals surface area contributed by atoms with Crippen molar-refractivity contribution in [3.63, 3.8) is 0 Å². The lowest BCUT2D eigenvalue weighted by Crippen LogP contribution is -2.35. The molecule has 1 aromatic carbocycles. The molecule has 1 aliphatic heterocycles. The van der Waals surface area contributed by atoms with Gasteiger partial charge in [-0.3, -0.25) is 4.90 Å². The Morgan fingerprint density at radius 1 is 1.26 bits per heavy atom. The van der Waals surface area contributed by atoms with E-state index in [1.54, 1.807) is 0 Å². The molecule has 0 radical (unpaired) electrons. The zero-order valence-corrected chi connectivity index (χ0v) is 12.0. The highest BCUT2D eigenvalue weighted by molar-refractivity contribution is 5.98. The molecule has 0 saturated carbocycles. The van der Waals surface area contributed by atoms with E-state index < -0.39 is 0 Å². The van der Waals surface area contributed by atoms with Crippen LogP contribution in [0.3, 0.4) is 0 Å². The van der Waals surface area contributed by atoms with Crippen LogP contribution in [0, 0.1) is 5.92 Å². The third kappa shape index (κ3) is 4.67. The minimum Gasteiger partial charge on any atom is -0.394 e. The highest BCUT2D eigenvalue weighted by Gasteiger charge is 2.14. The first-order valence-electron chi connectivity index (χ1n) is 7.20. The van der Waals surface area contributed by atoms with Crippen LogP contribution in [0.5, 0.6) is 0 Å². The summed E-state index contributed by atoms with van der Waals surface area (Å²) in [5.41, 5.74) is 2.06. The highest BCUT2D eigenvalue weighted by Crippen LogP contribution is 2.15. The molecule has 1 aromatic rings. The standard InChI is InChI=1S/C16H24N2O/c1-14-8-10-18(11-9-14)12-13-19-17-15(2)16-6-4-3-5-7-16/h3-7,14H,8-13H2,1-2H3/b17-15+. The van der Waals surface area contributed by atoms with Gasteiger partial charge in [-0.25, -0.2) is 0 Å². The number of piperidine rings is 1. The molecule has 1 aliphatic rings. The molecule has 0 aromatic heterocycles. The van der Waals surface area contributed by atoms with Crippen molar-refractivity contribution in [2.24, 2.45) is 11.1 Å². The lowest BCUT2D eigenvalue weighted by atomic mass is 9.99. The van der Waals surface area contributed by atoms with E-state index in [2.05, 4.69) is 17.0 Å². The van der Waals surface area contributed by atoms with E-state index in [1.807, 2.05) is 37.3 Å². The predicted molar refractivity (Wildman–Crippen MR) is 79.4 cm³/mol. The summed E-state index contributed by atoms with van der Waals surface area (Å²) in [6, 6.07) is 10.1. The van der Waals surface area contributed by atoms with Crippen LogP contribution in [0.15, 0.2) is 35.5 Å². The molecule has 0 atom stereocenters. The van der Waals surface area contributed by atoms with Crippen molar-refractivity contribution in [2.75, 3.05) is 26.2 Å². The lowest BCUT2D eigenvalue weighted by Gasteiger charge is -2.29. The second-order valence-electron chi connectivity index (χ2n) is 5.40. The van der Waals surface area contributed by atoms with Crippen LogP contribution in [0.1, 0.15) is 32.3 Å². The van der Waals surface area contributed by atoms with Gasteiger partial charge < -0.3 is 4.84 Å². The van der Waals surface area contributed by atoms with E-state index in [4.69, 9.17) is 4.84 Å². The molecule has 2 rings (SSSR count). The zero-order valence-electron chi connectivity index (χ0n) is 12.0. The van der Waals surface area contributed by atoms with E-state index in [1.165, 1.54) is 25.9 Å². The molecule has 3 heteroatoms. The number of hydrogen-bond acceptors (Lipinski definition) is 3. The maximum atomic E-state index is 5.43. The fraction of sp³-hybridized carbons (Fsp3) is 0.562. The fourth-order valence-electron chi connectivity index (χ4n) is 2.33. The van der Waals surface area contributed by atoms with Gasteiger partial charge in [0.05, 0.1) is 5.71 Å². The van der Waals surface area contributed by atoms with Crippen molar-refractivity contribution in [3.05, 3.63) is 35.9 Å². The van der Waals surface area contributed by atoms with Crippen LogP contribution in [0.2, 0.25) is 0 Å². The predicted octanol–water partition coefficient (Wildman–Crippen LogP) is 3.16. The first kappa shape index (κ1) is 14.1. The summed E-state index contributed by atoms with van der Waals surface area (Å²) in [5, 5.41) is 4.18. The average molecular weight is 260 g/mol. The van der Waals surface area contributed by atoms with E-state index >= 15 is 0 Å². The Balaban J connectivity index is 1.69. The van der Waals surface area contributed by atoms with Crippen LogP contribution in [-0.2, 0) is 4.84 Å². The van der Waals surface area contributed by atoms with Gasteiger partial charge in [0, 0.05) is 6.54 Å². The molecule has 1 saturated heterocycles. The first-order valence-corrected chi connectivity index (χ1v) is 7.20. The third-order valence-corrected chi connectivity index (χ3v) is 3.77. The van der Waals surface area contributed by atoms with Crippen molar-refractivity contribution in [1.82, 2.24) is 4.90 Å². The average Bonchev–Trinajstić information content (AvgIpc) is 2.46. The van der Waals surface area contributed by atoms with Crippen molar-refractivity contribution >= 4 is 5.71 Å². The van der Waals surface area contributed by atoms with Crippen LogP contribution in [0.25, 0.3) is 0 Å². The molecule has 3 nitrogen and oxygen atoms in total. The van der Waals surface area contributed by atoms with Gasteiger partial charge in [-0.15, -0.1) is 0 Å². The minimum absolute atomic E-state index is 0.679. The number of nitrogens with zero attached hydrogens (tertiary/aromatic N) is 2. The largest absolute Gasteiger partial charge is 0.394 e. The number of benzene rings is 1. The topological polar surface area (TPSA) is 24.8 Å². The summed E-state index contributed by atoms with van der Waals surface area (Å²) >= 11 is 0. The molecule has 104 valence electrons. The summed E-state index contributed by atoms with van der Waals surface area (Å²) in [5.74, 6) is 0.885. The minimum atomic E-state index is 0.679. The zero-order chi connectivity index (χ0) is 13.5. The Hall–Kier alpha value is -1.35. The summed E-state index contributed by atoms with van der Waals surface area (Å²) in [4.78, 5) is 7.89. The molecule has 0 amide bonds. The quantitative estimate of drug-likeness (QED) is 0.461. The number of rotatable bonds is 5. The second kappa shape index (κ2) is 7.29. The molecule has 0 bridgehead atoms. The van der Waals surface area contributed by atoms with E-state index in [-0.39, 0.29) is 0 Å². The molecular formula is C16H24N2O. The molecule has 0 aliphatic carbocycles. The van der Waals surface area contributed by atoms with Crippen molar-refractivity contribution in [3.8, 4) is 0 Å². The number of hydrogen-bond donors (Lipinski definition) is 0. The van der Waals surface area contributed by atoms with E-state index in [0.717, 1.165) is 23.7 Å². The van der Waals surface area contributed by atoms with Crippen molar-refractivity contribution < 1.29 is 4.84 Å². The Labute approximate surface area is 116 Å². The summed E-state index contributed by atoms with van der Waals surface area (Å²) in [7, 11) is 0. The maximum Gasteiger partial charge on any atom is 0.129 e. The van der Waals surface area contributed by atoms with E-state index in [0.29, 0.717) is 6.61 Å². The summed E-state index contributed by atoms with van der Waals surface area (Å²) in [6.45, 7) is 8.38. The molecule has 19 heavy (non-hydrogen) atoms. The fourth-order valence-corrected chi connectivity index (χ4v) is 2.33. The van der Waals surface area contributed by atoms with Crippen molar-refractivity contribution in [2.45, 2.75) is 26.7 Å². The molecule has 1 fully saturated rings. The van der Waals surface area contributed by atoms with Gasteiger partial charge in [0.15, 0.2) is 0 Å². The van der Waals surface area contributed by atoms with Gasteiger partial charge in [0.25, 0.3) is 0 Å². The normalized spacial score (nSPS) is 18.5. The first-order chi connectivity index (χ1) is 9.25. The molecule has 1 heterocycles. The van der Waals surface area contributed by atoms with E-state index in [9.17, 15) is 0 Å². The Morgan fingerprint density at radius 2 is 1.95 bits per heavy atom. The molecule has 0 unspecified atom stereocenters. The highest BCUT2D eigenvalue weighted by atomic mass is 16.6. The van der Waals surface area contributed by atoms with Crippen LogP contribution in [0.4, 0.5) is 0 Å². The maximum absolute atomic E-state index is 5.43. The van der Waals surface area contributed by atoms with Crippen LogP contribution in [-0.4, -0.2) is 36.9 Å². The van der Waals surface area contributed by atoms with Crippen LogP contribution >= 0.6 is 0 Å². The smallest absolute Gasteiger partial charge is 0.129 e. The molecule has 0 spiro atoms. The molecule has 0 N–H and O–H groups in total. The Morgan fingerprint density at radius 3 is 2.63 bits per heavy atom.